The van der Waals surface area contributed by atoms with Crippen LogP contribution in [0.5, 0.6) is 0 Å². The quantitative estimate of drug-likeness (QED) is 0.524. The van der Waals surface area contributed by atoms with E-state index in [-0.39, 0.29) is 0 Å². The average Bonchev–Trinajstić information content (AvgIpc) is 2.59. The van der Waals surface area contributed by atoms with Crippen molar-refractivity contribution < 1.29 is 0 Å². The first-order chi connectivity index (χ1) is 11.8. The summed E-state index contributed by atoms with van der Waals surface area (Å²) in [5.74, 6) is 1.62. The van der Waals surface area contributed by atoms with Gasteiger partial charge < -0.3 is 0 Å². The molecule has 0 N–H and O–H groups in total. The van der Waals surface area contributed by atoms with Crippen molar-refractivity contribution >= 4 is 5.69 Å². The van der Waals surface area contributed by atoms with Crippen molar-refractivity contribution in [3.63, 3.8) is 0 Å². The topological polar surface area (TPSA) is 0 Å². The SMILES string of the molecule is Cc1c(C)c(C2CCCCC2)c(C2CCCCC2)c([N+](C)(C)C)c1C. The summed E-state index contributed by atoms with van der Waals surface area (Å²) in [5, 5.41) is 0. The second-order valence-electron chi connectivity index (χ2n) is 9.73. The Morgan fingerprint density at radius 3 is 1.44 bits per heavy atom. The third-order valence-electron chi connectivity index (χ3n) is 7.13. The van der Waals surface area contributed by atoms with Crippen molar-refractivity contribution in [3.05, 3.63) is 27.8 Å². The van der Waals surface area contributed by atoms with Crippen LogP contribution in [-0.2, 0) is 0 Å². The van der Waals surface area contributed by atoms with Crippen LogP contribution < -0.4 is 4.48 Å². The summed E-state index contributed by atoms with van der Waals surface area (Å²) in [4.78, 5) is 0. The van der Waals surface area contributed by atoms with Gasteiger partial charge in [-0.05, 0) is 75.0 Å². The second kappa shape index (κ2) is 7.43. The van der Waals surface area contributed by atoms with Gasteiger partial charge in [-0.15, -0.1) is 0 Å². The molecule has 140 valence electrons. The molecule has 0 amide bonds. The first-order valence-electron chi connectivity index (χ1n) is 10.8. The lowest BCUT2D eigenvalue weighted by molar-refractivity contribution is 0.405. The van der Waals surface area contributed by atoms with E-state index in [1.54, 1.807) is 33.5 Å². The fourth-order valence-corrected chi connectivity index (χ4v) is 5.78. The van der Waals surface area contributed by atoms with Gasteiger partial charge >= 0.3 is 0 Å². The highest BCUT2D eigenvalue weighted by Crippen LogP contribution is 2.49. The van der Waals surface area contributed by atoms with Crippen LogP contribution in [0.15, 0.2) is 0 Å². The van der Waals surface area contributed by atoms with Gasteiger partial charge in [0.2, 0.25) is 0 Å². The number of hydrogen-bond acceptors (Lipinski definition) is 0. The van der Waals surface area contributed by atoms with E-state index in [0.29, 0.717) is 0 Å². The van der Waals surface area contributed by atoms with Crippen LogP contribution >= 0.6 is 0 Å². The Morgan fingerprint density at radius 1 is 0.560 bits per heavy atom. The molecule has 0 unspecified atom stereocenters. The first-order valence-corrected chi connectivity index (χ1v) is 10.8. The molecule has 1 aromatic carbocycles. The van der Waals surface area contributed by atoms with Gasteiger partial charge in [0.1, 0.15) is 5.69 Å². The molecule has 0 aromatic heterocycles. The molecule has 0 saturated heterocycles. The Balaban J connectivity index is 2.24. The van der Waals surface area contributed by atoms with Gasteiger partial charge in [-0.2, -0.15) is 0 Å². The smallest absolute Gasteiger partial charge is 0.139 e. The lowest BCUT2D eigenvalue weighted by atomic mass is 9.72. The zero-order chi connectivity index (χ0) is 18.2. The van der Waals surface area contributed by atoms with E-state index >= 15 is 0 Å². The fraction of sp³-hybridized carbons (Fsp3) is 0.750. The monoisotopic (exact) mass is 342 g/mol. The minimum Gasteiger partial charge on any atom is -0.298 e. The molecule has 0 heterocycles. The molecule has 2 aliphatic carbocycles. The Hall–Kier alpha value is -0.820. The minimum absolute atomic E-state index is 0.802. The van der Waals surface area contributed by atoms with E-state index in [1.165, 1.54) is 64.2 Å². The molecule has 0 atom stereocenters. The lowest BCUT2D eigenvalue weighted by Gasteiger charge is -2.38. The minimum atomic E-state index is 0.802. The van der Waals surface area contributed by atoms with Crippen molar-refractivity contribution in [2.24, 2.45) is 0 Å². The summed E-state index contributed by atoms with van der Waals surface area (Å²) in [6, 6.07) is 0. The predicted octanol–water partition coefficient (Wildman–Crippen LogP) is 6.90. The molecule has 0 aliphatic heterocycles. The van der Waals surface area contributed by atoms with Crippen molar-refractivity contribution in [1.82, 2.24) is 4.48 Å². The number of nitrogens with zero attached hydrogens (tertiary/aromatic N) is 1. The molecule has 25 heavy (non-hydrogen) atoms. The summed E-state index contributed by atoms with van der Waals surface area (Å²) in [7, 11) is 7.15. The van der Waals surface area contributed by atoms with Crippen LogP contribution in [0.25, 0.3) is 0 Å². The van der Waals surface area contributed by atoms with E-state index in [1.807, 2.05) is 0 Å². The largest absolute Gasteiger partial charge is 0.298 e. The summed E-state index contributed by atoms with van der Waals surface area (Å²) in [6.07, 6.45) is 14.3. The molecule has 2 fully saturated rings. The van der Waals surface area contributed by atoms with E-state index in [4.69, 9.17) is 0 Å². The fourth-order valence-electron chi connectivity index (χ4n) is 5.78. The molecule has 2 saturated carbocycles. The second-order valence-corrected chi connectivity index (χ2v) is 9.73. The zero-order valence-electron chi connectivity index (χ0n) is 17.7. The van der Waals surface area contributed by atoms with Crippen LogP contribution in [0.2, 0.25) is 0 Å². The van der Waals surface area contributed by atoms with Gasteiger partial charge in [-0.25, -0.2) is 0 Å². The highest BCUT2D eigenvalue weighted by molar-refractivity contribution is 5.66. The van der Waals surface area contributed by atoms with Gasteiger partial charge in [0, 0.05) is 11.1 Å². The van der Waals surface area contributed by atoms with Crippen LogP contribution in [0.1, 0.15) is 104 Å². The molecule has 2 aliphatic rings. The Morgan fingerprint density at radius 2 is 1.00 bits per heavy atom. The van der Waals surface area contributed by atoms with E-state index in [9.17, 15) is 0 Å². The predicted molar refractivity (Wildman–Crippen MR) is 112 cm³/mol. The molecule has 0 spiro atoms. The Kier molecular flexibility index (Phi) is 5.63. The maximum Gasteiger partial charge on any atom is 0.139 e. The maximum atomic E-state index is 2.43. The normalized spacial score (nSPS) is 20.9. The van der Waals surface area contributed by atoms with Crippen LogP contribution in [0.3, 0.4) is 0 Å². The molecule has 3 rings (SSSR count). The number of quaternary nitrogens is 1. The zero-order valence-corrected chi connectivity index (χ0v) is 17.7. The standard InChI is InChI=1S/C24H40N/c1-17-18(2)22(20-13-9-7-10-14-20)23(21-15-11-8-12-16-21)24(19(17)3)25(4,5)6/h20-21H,7-16H2,1-6H3/q+1. The van der Waals surface area contributed by atoms with Crippen LogP contribution in [0, 0.1) is 20.8 Å². The van der Waals surface area contributed by atoms with Crippen molar-refractivity contribution in [1.29, 1.82) is 0 Å². The van der Waals surface area contributed by atoms with Crippen molar-refractivity contribution in [3.8, 4) is 0 Å². The van der Waals surface area contributed by atoms with Gasteiger partial charge in [0.15, 0.2) is 0 Å². The van der Waals surface area contributed by atoms with E-state index in [0.717, 1.165) is 16.3 Å². The highest BCUT2D eigenvalue weighted by Gasteiger charge is 2.34. The Bertz CT molecular complexity index is 608. The molecule has 1 heteroatoms. The van der Waals surface area contributed by atoms with E-state index < -0.39 is 0 Å². The first kappa shape index (κ1) is 19.0. The van der Waals surface area contributed by atoms with Gasteiger partial charge in [-0.3, -0.25) is 4.48 Å². The van der Waals surface area contributed by atoms with Crippen molar-refractivity contribution in [2.45, 2.75) is 96.8 Å². The molecule has 0 bridgehead atoms. The van der Waals surface area contributed by atoms with Crippen LogP contribution in [-0.4, -0.2) is 21.1 Å². The summed E-state index contributed by atoms with van der Waals surface area (Å²) in [5.41, 5.74) is 9.98. The van der Waals surface area contributed by atoms with Gasteiger partial charge in [0.25, 0.3) is 0 Å². The number of hydrogen-bond donors (Lipinski definition) is 0. The number of benzene rings is 1. The van der Waals surface area contributed by atoms with Gasteiger partial charge in [0.05, 0.1) is 21.1 Å². The van der Waals surface area contributed by atoms with E-state index in [2.05, 4.69) is 41.9 Å². The maximum absolute atomic E-state index is 2.43. The van der Waals surface area contributed by atoms with Crippen molar-refractivity contribution in [2.75, 3.05) is 21.1 Å². The summed E-state index contributed by atoms with van der Waals surface area (Å²) >= 11 is 0. The van der Waals surface area contributed by atoms with Gasteiger partial charge in [-0.1, -0.05) is 38.5 Å². The average molecular weight is 343 g/mol. The highest BCUT2D eigenvalue weighted by atomic mass is 15.3. The lowest BCUT2D eigenvalue weighted by Crippen LogP contribution is -2.38. The molecule has 1 nitrogen and oxygen atoms in total. The molecule has 1 aromatic rings. The van der Waals surface area contributed by atoms with Crippen LogP contribution in [0.4, 0.5) is 5.69 Å². The third-order valence-corrected chi connectivity index (χ3v) is 7.13. The number of rotatable bonds is 3. The molecular weight excluding hydrogens is 302 g/mol. The Labute approximate surface area is 156 Å². The molecular formula is C24H40N+. The summed E-state index contributed by atoms with van der Waals surface area (Å²) < 4.78 is 0.971. The third kappa shape index (κ3) is 3.68. The molecule has 0 radical (unpaired) electrons. The summed E-state index contributed by atoms with van der Waals surface area (Å²) in [6.45, 7) is 7.19.